The van der Waals surface area contributed by atoms with Gasteiger partial charge in [-0.3, -0.25) is 0 Å². The highest BCUT2D eigenvalue weighted by atomic mass is 79.9. The van der Waals surface area contributed by atoms with Gasteiger partial charge in [0.25, 0.3) is 0 Å². The molecule has 0 radical (unpaired) electrons. The number of hydrogen-bond acceptors (Lipinski definition) is 4. The summed E-state index contributed by atoms with van der Waals surface area (Å²) in [7, 11) is -4.09. The number of halogens is 2. The first kappa shape index (κ1) is 14.7. The summed E-state index contributed by atoms with van der Waals surface area (Å²) in [5.74, 6) is -0.662. The minimum Gasteiger partial charge on any atom is -0.489 e. The molecule has 0 spiro atoms. The van der Waals surface area contributed by atoms with Crippen LogP contribution in [-0.2, 0) is 14.8 Å². The Balaban J connectivity index is 2.25. The molecule has 1 saturated heterocycles. The Morgan fingerprint density at radius 3 is 2.58 bits per heavy atom. The van der Waals surface area contributed by atoms with E-state index in [1.807, 2.05) is 0 Å². The van der Waals surface area contributed by atoms with E-state index in [-0.39, 0.29) is 11.9 Å². The molecule has 1 aromatic carbocycles. The predicted molar refractivity (Wildman–Crippen MR) is 69.9 cm³/mol. The molecule has 2 rings (SSSR count). The Bertz CT molecular complexity index is 572. The zero-order valence-electron chi connectivity index (χ0n) is 9.93. The Hall–Kier alpha value is -0.700. The van der Waals surface area contributed by atoms with Gasteiger partial charge in [-0.2, -0.15) is 0 Å². The van der Waals surface area contributed by atoms with Gasteiger partial charge in [0.2, 0.25) is 10.0 Å². The number of primary sulfonamides is 1. The van der Waals surface area contributed by atoms with Gasteiger partial charge in [0, 0.05) is 18.9 Å². The third-order valence-corrected chi connectivity index (χ3v) is 4.30. The summed E-state index contributed by atoms with van der Waals surface area (Å²) in [6, 6.07) is 2.14. The van der Waals surface area contributed by atoms with Crippen molar-refractivity contribution in [3.05, 3.63) is 22.4 Å². The lowest BCUT2D eigenvalue weighted by molar-refractivity contribution is 0.0251. The second-order valence-corrected chi connectivity index (χ2v) is 6.57. The monoisotopic (exact) mass is 353 g/mol. The van der Waals surface area contributed by atoms with Crippen molar-refractivity contribution in [3.63, 3.8) is 0 Å². The van der Waals surface area contributed by atoms with Gasteiger partial charge < -0.3 is 9.47 Å². The molecule has 0 atom stereocenters. The van der Waals surface area contributed by atoms with Crippen LogP contribution in [0.4, 0.5) is 4.39 Å². The average Bonchev–Trinajstić information content (AvgIpc) is 2.33. The fourth-order valence-electron chi connectivity index (χ4n) is 1.79. The van der Waals surface area contributed by atoms with E-state index in [9.17, 15) is 12.8 Å². The second-order valence-electron chi connectivity index (χ2n) is 4.19. The average molecular weight is 354 g/mol. The standard InChI is InChI=1S/C11H13BrFNO4S/c12-8-5-11(19(14,15)16)9(13)6-10(8)18-7-1-3-17-4-2-7/h5-7H,1-4H2,(H2,14,15,16). The molecule has 8 heteroatoms. The first-order chi connectivity index (χ1) is 8.88. The molecule has 1 aliphatic rings. The van der Waals surface area contributed by atoms with Gasteiger partial charge in [0.1, 0.15) is 22.6 Å². The van der Waals surface area contributed by atoms with Gasteiger partial charge in [0.15, 0.2) is 0 Å². The topological polar surface area (TPSA) is 78.6 Å². The van der Waals surface area contributed by atoms with E-state index in [4.69, 9.17) is 14.6 Å². The maximum Gasteiger partial charge on any atom is 0.241 e. The van der Waals surface area contributed by atoms with E-state index in [0.29, 0.717) is 30.5 Å². The third-order valence-electron chi connectivity index (χ3n) is 2.75. The highest BCUT2D eigenvalue weighted by Gasteiger charge is 2.21. The molecule has 2 N–H and O–H groups in total. The highest BCUT2D eigenvalue weighted by Crippen LogP contribution is 2.31. The van der Waals surface area contributed by atoms with Gasteiger partial charge >= 0.3 is 0 Å². The maximum absolute atomic E-state index is 13.7. The number of hydrogen-bond donors (Lipinski definition) is 1. The summed E-state index contributed by atoms with van der Waals surface area (Å²) in [5.41, 5.74) is 0. The van der Waals surface area contributed by atoms with E-state index < -0.39 is 20.7 Å². The zero-order chi connectivity index (χ0) is 14.0. The van der Waals surface area contributed by atoms with Gasteiger partial charge in [-0.15, -0.1) is 0 Å². The van der Waals surface area contributed by atoms with Crippen LogP contribution in [0.15, 0.2) is 21.5 Å². The van der Waals surface area contributed by atoms with Gasteiger partial charge in [-0.25, -0.2) is 17.9 Å². The van der Waals surface area contributed by atoms with Crippen LogP contribution in [0.1, 0.15) is 12.8 Å². The highest BCUT2D eigenvalue weighted by molar-refractivity contribution is 9.10. The number of sulfonamides is 1. The molecule has 0 saturated carbocycles. The van der Waals surface area contributed by atoms with Gasteiger partial charge in [0.05, 0.1) is 17.7 Å². The van der Waals surface area contributed by atoms with E-state index in [1.165, 1.54) is 0 Å². The summed E-state index contributed by atoms with van der Waals surface area (Å²) in [6.07, 6.45) is 1.36. The molecule has 0 unspecified atom stereocenters. The van der Waals surface area contributed by atoms with Crippen molar-refractivity contribution >= 4 is 26.0 Å². The summed E-state index contributed by atoms with van der Waals surface area (Å²) in [5, 5.41) is 4.91. The zero-order valence-corrected chi connectivity index (χ0v) is 12.3. The van der Waals surface area contributed by atoms with E-state index in [0.717, 1.165) is 12.1 Å². The summed E-state index contributed by atoms with van der Waals surface area (Å²) in [4.78, 5) is -0.557. The normalized spacial score (nSPS) is 17.4. The minimum atomic E-state index is -4.09. The SMILES string of the molecule is NS(=O)(=O)c1cc(Br)c(OC2CCOCC2)cc1F. The van der Waals surface area contributed by atoms with Crippen LogP contribution in [0.25, 0.3) is 0 Å². The molecule has 0 bridgehead atoms. The lowest BCUT2D eigenvalue weighted by atomic mass is 10.1. The van der Waals surface area contributed by atoms with Crippen molar-refractivity contribution in [1.29, 1.82) is 0 Å². The number of benzene rings is 1. The molecule has 0 aromatic heterocycles. The van der Waals surface area contributed by atoms with E-state index >= 15 is 0 Å². The summed E-state index contributed by atoms with van der Waals surface area (Å²) in [6.45, 7) is 1.19. The maximum atomic E-state index is 13.7. The Morgan fingerprint density at radius 2 is 2.00 bits per heavy atom. The molecule has 1 aromatic rings. The van der Waals surface area contributed by atoms with Crippen LogP contribution in [0, 0.1) is 5.82 Å². The summed E-state index contributed by atoms with van der Waals surface area (Å²) < 4.78 is 47.2. The van der Waals surface area contributed by atoms with Crippen molar-refractivity contribution in [2.75, 3.05) is 13.2 Å². The van der Waals surface area contributed by atoms with Crippen LogP contribution in [0.2, 0.25) is 0 Å². The Labute approximate surface area is 119 Å². The fourth-order valence-corrected chi connectivity index (χ4v) is 2.99. The third kappa shape index (κ3) is 3.65. The second kappa shape index (κ2) is 5.74. The smallest absolute Gasteiger partial charge is 0.241 e. The first-order valence-electron chi connectivity index (χ1n) is 5.64. The lowest BCUT2D eigenvalue weighted by Crippen LogP contribution is -2.26. The van der Waals surface area contributed by atoms with Crippen molar-refractivity contribution < 1.29 is 22.3 Å². The predicted octanol–water partition coefficient (Wildman–Crippen LogP) is 1.79. The molecule has 106 valence electrons. The first-order valence-corrected chi connectivity index (χ1v) is 7.98. The van der Waals surface area contributed by atoms with Crippen LogP contribution in [0.5, 0.6) is 5.75 Å². The van der Waals surface area contributed by atoms with E-state index in [1.54, 1.807) is 0 Å². The van der Waals surface area contributed by atoms with E-state index in [2.05, 4.69) is 15.9 Å². The summed E-state index contributed by atoms with van der Waals surface area (Å²) >= 11 is 3.16. The fraction of sp³-hybridized carbons (Fsp3) is 0.455. The van der Waals surface area contributed by atoms with Gasteiger partial charge in [-0.05, 0) is 22.0 Å². The number of rotatable bonds is 3. The van der Waals surface area contributed by atoms with Crippen molar-refractivity contribution in [2.45, 2.75) is 23.8 Å². The molecule has 1 aliphatic heterocycles. The van der Waals surface area contributed by atoms with Crippen molar-refractivity contribution in [1.82, 2.24) is 0 Å². The quantitative estimate of drug-likeness (QED) is 0.898. The lowest BCUT2D eigenvalue weighted by Gasteiger charge is -2.24. The molecule has 1 fully saturated rings. The molecule has 1 heterocycles. The van der Waals surface area contributed by atoms with Crippen LogP contribution < -0.4 is 9.88 Å². The van der Waals surface area contributed by atoms with Crippen LogP contribution in [-0.4, -0.2) is 27.7 Å². The molecule has 0 aliphatic carbocycles. The Kier molecular flexibility index (Phi) is 4.44. The van der Waals surface area contributed by atoms with Crippen molar-refractivity contribution in [3.8, 4) is 5.75 Å². The van der Waals surface area contributed by atoms with Gasteiger partial charge in [-0.1, -0.05) is 0 Å². The number of nitrogens with two attached hydrogens (primary N) is 1. The largest absolute Gasteiger partial charge is 0.489 e. The molecular weight excluding hydrogens is 341 g/mol. The van der Waals surface area contributed by atoms with Crippen LogP contribution >= 0.6 is 15.9 Å². The molecule has 0 amide bonds. The molecule has 5 nitrogen and oxygen atoms in total. The molecule has 19 heavy (non-hydrogen) atoms. The molecular formula is C11H13BrFNO4S. The minimum absolute atomic E-state index is 0.0650. The number of ether oxygens (including phenoxy) is 2. The van der Waals surface area contributed by atoms with Crippen LogP contribution in [0.3, 0.4) is 0 Å². The van der Waals surface area contributed by atoms with Crippen molar-refractivity contribution in [2.24, 2.45) is 5.14 Å². The Morgan fingerprint density at radius 1 is 1.37 bits per heavy atom.